The summed E-state index contributed by atoms with van der Waals surface area (Å²) in [6.07, 6.45) is 60.3. The molecule has 0 aliphatic carbocycles. The number of likely N-dealkylation sites (N-methyl/N-ethyl adjacent to an activating group) is 1. The molecule has 0 aliphatic heterocycles. The molecular weight excluding hydrogens is 787 g/mol. The topological polar surface area (TPSA) is 99.1 Å². The zero-order chi connectivity index (χ0) is 46.3. The molecule has 0 bridgehead atoms. The van der Waals surface area contributed by atoms with Crippen LogP contribution in [0.3, 0.4) is 0 Å². The van der Waals surface area contributed by atoms with E-state index in [1.165, 1.54) is 57.8 Å². The second-order valence-corrected chi connectivity index (χ2v) is 17.3. The summed E-state index contributed by atoms with van der Waals surface area (Å²) in [6, 6.07) is -0.631. The van der Waals surface area contributed by atoms with Crippen molar-refractivity contribution in [1.29, 1.82) is 0 Å². The first kappa shape index (κ1) is 59.2. The van der Waals surface area contributed by atoms with E-state index in [4.69, 9.17) is 14.2 Å². The highest BCUT2D eigenvalue weighted by molar-refractivity contribution is 5.72. The SMILES string of the molecule is CC/C=C/C/C=C/C/C=C/C/C=C/C/C=C/CCCCCCCCC(=O)OC(COCCC(C(=O)O)[N+](C)(C)C)COC(=O)CCC/C=C/C/C=C/C/C=C/CCCCCCCC. The molecule has 8 heteroatoms. The molecule has 0 heterocycles. The van der Waals surface area contributed by atoms with Crippen molar-refractivity contribution in [3.63, 3.8) is 0 Å². The lowest BCUT2D eigenvalue weighted by molar-refractivity contribution is -0.887. The Morgan fingerprint density at radius 2 is 0.905 bits per heavy atom. The summed E-state index contributed by atoms with van der Waals surface area (Å²) in [5, 5.41) is 9.65. The Balaban J connectivity index is 4.40. The number of ether oxygens (including phenoxy) is 3. The zero-order valence-corrected chi connectivity index (χ0v) is 40.7. The van der Waals surface area contributed by atoms with Gasteiger partial charge in [-0.05, 0) is 89.9 Å². The lowest BCUT2D eigenvalue weighted by Crippen LogP contribution is -2.50. The number of aliphatic carboxylic acids is 1. The summed E-state index contributed by atoms with van der Waals surface area (Å²) in [5.74, 6) is -1.56. The molecule has 0 fully saturated rings. The molecule has 2 unspecified atom stereocenters. The summed E-state index contributed by atoms with van der Waals surface area (Å²) < 4.78 is 17.3. The molecule has 1 N–H and O–H groups in total. The van der Waals surface area contributed by atoms with Gasteiger partial charge in [-0.3, -0.25) is 9.59 Å². The van der Waals surface area contributed by atoms with Crippen molar-refractivity contribution in [1.82, 2.24) is 0 Å². The summed E-state index contributed by atoms with van der Waals surface area (Å²) in [5.41, 5.74) is 0. The third-order valence-electron chi connectivity index (χ3n) is 10.5. The lowest BCUT2D eigenvalue weighted by atomic mass is 10.1. The quantitative estimate of drug-likeness (QED) is 0.0282. The number of rotatable bonds is 43. The Kier molecular flexibility index (Phi) is 42.2. The van der Waals surface area contributed by atoms with Gasteiger partial charge in [0.05, 0.1) is 34.4 Å². The summed E-state index contributed by atoms with van der Waals surface area (Å²) in [4.78, 5) is 37.1. The molecule has 0 aliphatic rings. The van der Waals surface area contributed by atoms with E-state index in [9.17, 15) is 19.5 Å². The van der Waals surface area contributed by atoms with Gasteiger partial charge in [0, 0.05) is 19.3 Å². The third-order valence-corrected chi connectivity index (χ3v) is 10.5. The maximum atomic E-state index is 12.8. The van der Waals surface area contributed by atoms with Crippen LogP contribution < -0.4 is 0 Å². The minimum absolute atomic E-state index is 0.0333. The molecule has 2 atom stereocenters. The van der Waals surface area contributed by atoms with Crippen molar-refractivity contribution >= 4 is 17.9 Å². The lowest BCUT2D eigenvalue weighted by Gasteiger charge is -2.31. The van der Waals surface area contributed by atoms with E-state index < -0.39 is 18.1 Å². The van der Waals surface area contributed by atoms with Gasteiger partial charge in [0.25, 0.3) is 0 Å². The van der Waals surface area contributed by atoms with Crippen LogP contribution >= 0.6 is 0 Å². The van der Waals surface area contributed by atoms with Crippen LogP contribution in [0.25, 0.3) is 0 Å². The fraction of sp³-hybridized carbons (Fsp3) is 0.655. The molecule has 0 aromatic heterocycles. The van der Waals surface area contributed by atoms with Gasteiger partial charge in [0.15, 0.2) is 12.1 Å². The van der Waals surface area contributed by atoms with Gasteiger partial charge >= 0.3 is 17.9 Å². The molecule has 0 saturated carbocycles. The monoisotopic (exact) mass is 879 g/mol. The van der Waals surface area contributed by atoms with Gasteiger partial charge in [0.2, 0.25) is 0 Å². The number of hydrogen-bond donors (Lipinski definition) is 1. The van der Waals surface area contributed by atoms with Crippen molar-refractivity contribution in [2.75, 3.05) is 41.0 Å². The van der Waals surface area contributed by atoms with Gasteiger partial charge < -0.3 is 23.8 Å². The molecule has 0 radical (unpaired) electrons. The third kappa shape index (κ3) is 43.3. The van der Waals surface area contributed by atoms with Crippen molar-refractivity contribution in [2.45, 2.75) is 193 Å². The molecule has 63 heavy (non-hydrogen) atoms. The van der Waals surface area contributed by atoms with Gasteiger partial charge in [-0.1, -0.05) is 169 Å². The fourth-order valence-electron chi connectivity index (χ4n) is 6.66. The number of hydrogen-bond acceptors (Lipinski definition) is 6. The highest BCUT2D eigenvalue weighted by Gasteiger charge is 2.31. The van der Waals surface area contributed by atoms with Crippen LogP contribution in [0.5, 0.6) is 0 Å². The van der Waals surface area contributed by atoms with Gasteiger partial charge in [0.1, 0.15) is 6.61 Å². The number of carbonyl (C=O) groups is 3. The van der Waals surface area contributed by atoms with Gasteiger partial charge in [-0.2, -0.15) is 0 Å². The maximum absolute atomic E-state index is 12.8. The molecule has 0 spiro atoms. The Hall–Kier alpha value is -3.75. The van der Waals surface area contributed by atoms with Crippen LogP contribution in [0.15, 0.2) is 97.2 Å². The number of allylic oxidation sites excluding steroid dienone is 16. The van der Waals surface area contributed by atoms with Crippen molar-refractivity contribution < 1.29 is 38.2 Å². The van der Waals surface area contributed by atoms with Crippen LogP contribution in [0.2, 0.25) is 0 Å². The zero-order valence-electron chi connectivity index (χ0n) is 40.7. The van der Waals surface area contributed by atoms with Crippen LogP contribution in [0.1, 0.15) is 181 Å². The first-order valence-electron chi connectivity index (χ1n) is 24.8. The van der Waals surface area contributed by atoms with Crippen molar-refractivity contribution in [3.05, 3.63) is 97.2 Å². The molecule has 0 amide bonds. The van der Waals surface area contributed by atoms with Crippen LogP contribution in [0, 0.1) is 0 Å². The summed E-state index contributed by atoms with van der Waals surface area (Å²) in [7, 11) is 5.50. The first-order valence-corrected chi connectivity index (χ1v) is 24.8. The molecule has 358 valence electrons. The Morgan fingerprint density at radius 1 is 0.492 bits per heavy atom. The largest absolute Gasteiger partial charge is 0.477 e. The van der Waals surface area contributed by atoms with E-state index in [2.05, 4.69) is 111 Å². The van der Waals surface area contributed by atoms with Crippen LogP contribution in [-0.4, -0.2) is 80.6 Å². The Morgan fingerprint density at radius 3 is 1.37 bits per heavy atom. The first-order chi connectivity index (χ1) is 30.6. The van der Waals surface area contributed by atoms with E-state index in [1.807, 2.05) is 21.1 Å². The average molecular weight is 879 g/mol. The average Bonchev–Trinajstić information content (AvgIpc) is 3.24. The number of carboxylic acids is 1. The molecule has 0 aromatic carbocycles. The number of esters is 2. The summed E-state index contributed by atoms with van der Waals surface area (Å²) >= 11 is 0. The van der Waals surface area contributed by atoms with Gasteiger partial charge in [-0.15, -0.1) is 0 Å². The second kappa shape index (κ2) is 44.8. The predicted octanol–water partition coefficient (Wildman–Crippen LogP) is 14.2. The highest BCUT2D eigenvalue weighted by Crippen LogP contribution is 2.13. The molecule has 0 aromatic rings. The van der Waals surface area contributed by atoms with Crippen molar-refractivity contribution in [2.24, 2.45) is 0 Å². The van der Waals surface area contributed by atoms with Crippen LogP contribution in [0.4, 0.5) is 0 Å². The van der Waals surface area contributed by atoms with Crippen LogP contribution in [-0.2, 0) is 28.6 Å². The highest BCUT2D eigenvalue weighted by atomic mass is 16.6. The molecule has 0 saturated heterocycles. The molecule has 0 rings (SSSR count). The smallest absolute Gasteiger partial charge is 0.362 e. The maximum Gasteiger partial charge on any atom is 0.362 e. The minimum Gasteiger partial charge on any atom is -0.477 e. The van der Waals surface area contributed by atoms with Crippen molar-refractivity contribution in [3.8, 4) is 0 Å². The van der Waals surface area contributed by atoms with E-state index in [0.717, 1.165) is 83.5 Å². The Labute approximate surface area is 386 Å². The summed E-state index contributed by atoms with van der Waals surface area (Å²) in [6.45, 7) is 4.54. The molecule has 8 nitrogen and oxygen atoms in total. The van der Waals surface area contributed by atoms with E-state index in [0.29, 0.717) is 19.3 Å². The number of carboxylic acid groups (broad SMARTS) is 1. The number of carbonyl (C=O) groups excluding carboxylic acids is 2. The molecular formula is C55H92NO7+. The number of nitrogens with zero attached hydrogens (tertiary/aromatic N) is 1. The van der Waals surface area contributed by atoms with E-state index in [-0.39, 0.29) is 42.7 Å². The predicted molar refractivity (Wildman–Crippen MR) is 266 cm³/mol. The Bertz CT molecular complexity index is 1350. The second-order valence-electron chi connectivity index (χ2n) is 17.3. The normalized spacial score (nSPS) is 13.7. The van der Waals surface area contributed by atoms with E-state index >= 15 is 0 Å². The number of unbranched alkanes of at least 4 members (excludes halogenated alkanes) is 13. The van der Waals surface area contributed by atoms with Gasteiger partial charge in [-0.25, -0.2) is 4.79 Å². The van der Waals surface area contributed by atoms with E-state index in [1.54, 1.807) is 0 Å². The fourth-order valence-corrected chi connectivity index (χ4v) is 6.66. The minimum atomic E-state index is -0.888. The standard InChI is InChI=1S/C55H91NO7/c1-6-8-10-12-14-16-18-20-22-24-25-26-27-28-30-32-34-36-38-40-42-44-46-54(58)63-51(49-61-48-47-52(55(59)60)56(3,4)5)50-62-53(57)45-43-41-39-37-35-33-31-29-23-21-19-17-15-13-11-9-7-2/h8,10,14,16,20-23,25-26,28,30-31,33,37,39,51-52H,6-7,9,11-13,15,17-19,24,27,29,32,34-36,38,40-50H2,1-5H3/p+1/b10-8+,16-14+,22-20+,23-21+,26-25+,30-28+,33-31+,39-37+. The number of quaternary nitrogens is 1.